The topological polar surface area (TPSA) is 49.1 Å². The van der Waals surface area contributed by atoms with E-state index in [1.54, 1.807) is 0 Å². The van der Waals surface area contributed by atoms with Gasteiger partial charge in [-0.1, -0.05) is 36.4 Å². The van der Waals surface area contributed by atoms with Crippen LogP contribution in [0.2, 0.25) is 0 Å². The highest BCUT2D eigenvalue weighted by Crippen LogP contribution is 2.09. The summed E-state index contributed by atoms with van der Waals surface area (Å²) in [6.07, 6.45) is 1.38. The normalized spacial score (nSPS) is 11.1. The summed E-state index contributed by atoms with van der Waals surface area (Å²) >= 11 is 0. The lowest BCUT2D eigenvalue weighted by Gasteiger charge is -1.95. The van der Waals surface area contributed by atoms with Crippen LogP contribution in [0.5, 0.6) is 0 Å². The van der Waals surface area contributed by atoms with Crippen LogP contribution < -0.4 is 5.43 Å². The molecule has 2 aromatic carbocycles. The van der Waals surface area contributed by atoms with Gasteiger partial charge in [0.25, 0.3) is 0 Å². The average molecular weight is 224 g/mol. The van der Waals surface area contributed by atoms with E-state index in [0.717, 1.165) is 11.4 Å². The van der Waals surface area contributed by atoms with Crippen molar-refractivity contribution >= 4 is 17.7 Å². The fourth-order valence-electron chi connectivity index (χ4n) is 1.23. The molecule has 1 N–H and O–H groups in total. The molecule has 4 heteroatoms. The van der Waals surface area contributed by atoms with Crippen LogP contribution in [0.4, 0.5) is 11.4 Å². The van der Waals surface area contributed by atoms with E-state index in [0.29, 0.717) is 0 Å². The number of hydrogen-bond donors (Lipinski definition) is 1. The minimum absolute atomic E-state index is 0.804. The number of nitrogens with one attached hydrogen (secondary N) is 1. The van der Waals surface area contributed by atoms with Crippen LogP contribution in [0.1, 0.15) is 0 Å². The second-order valence-corrected chi connectivity index (χ2v) is 3.27. The summed E-state index contributed by atoms with van der Waals surface area (Å²) in [5.74, 6) is 0. The van der Waals surface area contributed by atoms with Crippen LogP contribution >= 0.6 is 0 Å². The van der Waals surface area contributed by atoms with E-state index in [1.807, 2.05) is 60.7 Å². The lowest BCUT2D eigenvalue weighted by molar-refractivity contribution is 1.26. The van der Waals surface area contributed by atoms with Crippen molar-refractivity contribution in [3.8, 4) is 0 Å². The molecule has 0 aromatic heterocycles. The summed E-state index contributed by atoms with van der Waals surface area (Å²) in [6.45, 7) is 0. The minimum Gasteiger partial charge on any atom is -0.277 e. The molecule has 0 unspecified atom stereocenters. The molecule has 0 heterocycles. The fraction of sp³-hybridized carbons (Fsp3) is 0. The second-order valence-electron chi connectivity index (χ2n) is 3.27. The lowest BCUT2D eigenvalue weighted by atomic mass is 10.3. The maximum absolute atomic E-state index is 3.97. The van der Waals surface area contributed by atoms with Crippen LogP contribution in [0.3, 0.4) is 0 Å². The van der Waals surface area contributed by atoms with Gasteiger partial charge >= 0.3 is 0 Å². The van der Waals surface area contributed by atoms with Crippen molar-refractivity contribution in [3.05, 3.63) is 60.7 Å². The molecule has 4 nitrogen and oxygen atoms in total. The Bertz CT molecular complexity index is 491. The van der Waals surface area contributed by atoms with Crippen LogP contribution in [0.15, 0.2) is 76.0 Å². The first kappa shape index (κ1) is 11.0. The predicted molar refractivity (Wildman–Crippen MR) is 69.5 cm³/mol. The van der Waals surface area contributed by atoms with Crippen LogP contribution in [-0.4, -0.2) is 6.34 Å². The highest BCUT2D eigenvalue weighted by atomic mass is 15.3. The number of anilines is 1. The van der Waals surface area contributed by atoms with Crippen molar-refractivity contribution in [2.75, 3.05) is 5.43 Å². The van der Waals surface area contributed by atoms with E-state index in [9.17, 15) is 0 Å². The van der Waals surface area contributed by atoms with Crippen molar-refractivity contribution in [2.24, 2.45) is 15.3 Å². The zero-order valence-corrected chi connectivity index (χ0v) is 9.19. The minimum atomic E-state index is 0.804. The summed E-state index contributed by atoms with van der Waals surface area (Å²) in [5.41, 5.74) is 4.57. The van der Waals surface area contributed by atoms with Crippen molar-refractivity contribution in [3.63, 3.8) is 0 Å². The molecule has 0 spiro atoms. The standard InChI is InChI=1S/C13H12N4/c1-3-7-12(8-4-1)16-14-11-15-17-13-9-5-2-6-10-13/h1-11,16H. The molecule has 0 saturated heterocycles. The predicted octanol–water partition coefficient (Wildman–Crippen LogP) is 3.83. The highest BCUT2D eigenvalue weighted by molar-refractivity contribution is 5.57. The zero-order chi connectivity index (χ0) is 11.8. The van der Waals surface area contributed by atoms with E-state index in [1.165, 1.54) is 6.34 Å². The number of rotatable bonds is 4. The van der Waals surface area contributed by atoms with Gasteiger partial charge in [-0.3, -0.25) is 5.43 Å². The van der Waals surface area contributed by atoms with E-state index in [2.05, 4.69) is 20.8 Å². The van der Waals surface area contributed by atoms with Crippen LogP contribution in [-0.2, 0) is 0 Å². The summed E-state index contributed by atoms with van der Waals surface area (Å²) in [7, 11) is 0. The van der Waals surface area contributed by atoms with E-state index in [-0.39, 0.29) is 0 Å². The average Bonchev–Trinajstić information content (AvgIpc) is 2.41. The third kappa shape index (κ3) is 3.87. The molecule has 0 saturated carbocycles. The highest BCUT2D eigenvalue weighted by Gasteiger charge is 1.84. The SMILES string of the molecule is C(=NNc1ccccc1)N=Nc1ccccc1. The van der Waals surface area contributed by atoms with Crippen LogP contribution in [0.25, 0.3) is 0 Å². The van der Waals surface area contributed by atoms with Crippen molar-refractivity contribution in [1.29, 1.82) is 0 Å². The first-order valence-electron chi connectivity index (χ1n) is 5.23. The molecule has 17 heavy (non-hydrogen) atoms. The van der Waals surface area contributed by atoms with E-state index < -0.39 is 0 Å². The fourth-order valence-corrected chi connectivity index (χ4v) is 1.23. The molecule has 0 fully saturated rings. The number of benzene rings is 2. The van der Waals surface area contributed by atoms with Gasteiger partial charge < -0.3 is 0 Å². The van der Waals surface area contributed by atoms with Gasteiger partial charge in [0.05, 0.1) is 11.4 Å². The van der Waals surface area contributed by atoms with Gasteiger partial charge in [-0.2, -0.15) is 5.10 Å². The van der Waals surface area contributed by atoms with Gasteiger partial charge in [0, 0.05) is 0 Å². The smallest absolute Gasteiger partial charge is 0.158 e. The number of azo groups is 1. The molecule has 0 aliphatic rings. The van der Waals surface area contributed by atoms with Crippen molar-refractivity contribution in [2.45, 2.75) is 0 Å². The molecule has 0 bridgehead atoms. The van der Waals surface area contributed by atoms with Gasteiger partial charge in [0.2, 0.25) is 0 Å². The first-order valence-corrected chi connectivity index (χ1v) is 5.23. The van der Waals surface area contributed by atoms with Gasteiger partial charge in [-0.15, -0.1) is 10.2 Å². The van der Waals surface area contributed by atoms with E-state index in [4.69, 9.17) is 0 Å². The molecule has 2 rings (SSSR count). The van der Waals surface area contributed by atoms with Crippen molar-refractivity contribution in [1.82, 2.24) is 0 Å². The van der Waals surface area contributed by atoms with Gasteiger partial charge in [0.15, 0.2) is 6.34 Å². The Hall–Kier alpha value is -2.49. The van der Waals surface area contributed by atoms with Crippen LogP contribution in [0, 0.1) is 0 Å². The second kappa shape index (κ2) is 6.17. The Kier molecular flexibility index (Phi) is 4.00. The molecule has 84 valence electrons. The maximum Gasteiger partial charge on any atom is 0.158 e. The van der Waals surface area contributed by atoms with Gasteiger partial charge in [-0.25, -0.2) is 0 Å². The Morgan fingerprint density at radius 3 is 2.18 bits per heavy atom. The Labute approximate surface area is 99.7 Å². The summed E-state index contributed by atoms with van der Waals surface area (Å²) in [5, 5.41) is 11.7. The van der Waals surface area contributed by atoms with Gasteiger partial charge in [0.1, 0.15) is 0 Å². The quantitative estimate of drug-likeness (QED) is 0.365. The molecular formula is C13H12N4. The lowest BCUT2D eigenvalue weighted by Crippen LogP contribution is -1.86. The molecule has 0 aliphatic heterocycles. The molecular weight excluding hydrogens is 212 g/mol. The van der Waals surface area contributed by atoms with Crippen molar-refractivity contribution < 1.29 is 0 Å². The summed E-state index contributed by atoms with van der Waals surface area (Å²) < 4.78 is 0. The number of hydrazone groups is 1. The zero-order valence-electron chi connectivity index (χ0n) is 9.19. The third-order valence-electron chi connectivity index (χ3n) is 2.01. The Morgan fingerprint density at radius 1 is 0.824 bits per heavy atom. The monoisotopic (exact) mass is 224 g/mol. The molecule has 0 radical (unpaired) electrons. The molecule has 0 atom stereocenters. The third-order valence-corrected chi connectivity index (χ3v) is 2.01. The Morgan fingerprint density at radius 2 is 1.47 bits per heavy atom. The maximum atomic E-state index is 3.97. The number of hydrogen-bond acceptors (Lipinski definition) is 3. The Balaban J connectivity index is 1.85. The van der Waals surface area contributed by atoms with Gasteiger partial charge in [-0.05, 0) is 24.3 Å². The largest absolute Gasteiger partial charge is 0.277 e. The number of nitrogens with zero attached hydrogens (tertiary/aromatic N) is 3. The summed E-state index contributed by atoms with van der Waals surface area (Å²) in [4.78, 5) is 0. The van der Waals surface area contributed by atoms with E-state index >= 15 is 0 Å². The number of para-hydroxylation sites is 1. The summed E-state index contributed by atoms with van der Waals surface area (Å²) in [6, 6.07) is 19.2. The molecule has 0 aliphatic carbocycles. The first-order chi connectivity index (χ1) is 8.45. The molecule has 2 aromatic rings. The molecule has 0 amide bonds.